The van der Waals surface area contributed by atoms with Crippen molar-refractivity contribution in [1.29, 1.82) is 0 Å². The third-order valence-electron chi connectivity index (χ3n) is 0.345. The van der Waals surface area contributed by atoms with Crippen LogP contribution in [0.15, 0.2) is 10.2 Å². The second-order valence-electron chi connectivity index (χ2n) is 1.08. The van der Waals surface area contributed by atoms with Crippen molar-refractivity contribution in [3.05, 3.63) is 10.2 Å². The van der Waals surface area contributed by atoms with Gasteiger partial charge in [0.1, 0.15) is 0 Å². The first-order valence-corrected chi connectivity index (χ1v) is 5.54. The molecule has 0 aliphatic rings. The number of nitrogens with one attached hydrogen (secondary N) is 1. The average molecular weight is 324 g/mol. The fourth-order valence-electron chi connectivity index (χ4n) is 0.139. The van der Waals surface area contributed by atoms with Crippen LogP contribution in [0.4, 0.5) is 0 Å². The summed E-state index contributed by atoms with van der Waals surface area (Å²) in [5.74, 6) is 0. The van der Waals surface area contributed by atoms with Gasteiger partial charge in [0.25, 0.3) is 0 Å². The minimum absolute atomic E-state index is 0.252. The summed E-state index contributed by atoms with van der Waals surface area (Å²) in [5.41, 5.74) is 0. The Balaban J connectivity index is 2.82. The standard InChI is InChI=1S/C4H8I2N/c1-4(2)6-3-7-5/h7H,1,3H2,2H3/q-1. The Kier molecular flexibility index (Phi) is 6.18. The molecule has 0 amide bonds. The monoisotopic (exact) mass is 324 g/mol. The Morgan fingerprint density at radius 2 is 2.57 bits per heavy atom. The molecule has 0 saturated carbocycles. The molecule has 0 radical (unpaired) electrons. The Morgan fingerprint density at radius 3 is 2.71 bits per heavy atom. The third-order valence-corrected chi connectivity index (χ3v) is 4.25. The van der Waals surface area contributed by atoms with Crippen molar-refractivity contribution in [3.63, 3.8) is 0 Å². The van der Waals surface area contributed by atoms with Crippen LogP contribution in [0.5, 0.6) is 0 Å². The number of alkyl halides is 1. The molecule has 0 spiro atoms. The zero-order valence-corrected chi connectivity index (χ0v) is 8.49. The van der Waals surface area contributed by atoms with Crippen molar-refractivity contribution in [3.8, 4) is 0 Å². The second-order valence-corrected chi connectivity index (χ2v) is 5.21. The number of allylic oxidation sites excluding steroid dienone is 1. The molecular weight excluding hydrogens is 316 g/mol. The number of hydrogen-bond acceptors (Lipinski definition) is 1. The Hall–Kier alpha value is 1.16. The summed E-state index contributed by atoms with van der Waals surface area (Å²) in [7, 11) is 0. The van der Waals surface area contributed by atoms with E-state index in [1.165, 1.54) is 3.58 Å². The van der Waals surface area contributed by atoms with Gasteiger partial charge in [-0.1, -0.05) is 0 Å². The molecule has 0 heterocycles. The van der Waals surface area contributed by atoms with Gasteiger partial charge in [0.15, 0.2) is 0 Å². The van der Waals surface area contributed by atoms with Crippen molar-refractivity contribution < 1.29 is 21.2 Å². The van der Waals surface area contributed by atoms with Crippen LogP contribution in [0, 0.1) is 0 Å². The van der Waals surface area contributed by atoms with Crippen LogP contribution in [0.3, 0.4) is 0 Å². The van der Waals surface area contributed by atoms with Crippen LogP contribution in [-0.2, 0) is 0 Å². The molecule has 0 aliphatic heterocycles. The zero-order valence-electron chi connectivity index (χ0n) is 4.17. The minimum atomic E-state index is 0.252. The summed E-state index contributed by atoms with van der Waals surface area (Å²) in [4.78, 5) is 0. The van der Waals surface area contributed by atoms with E-state index in [1.54, 1.807) is 0 Å². The fourth-order valence-corrected chi connectivity index (χ4v) is 1.90. The van der Waals surface area contributed by atoms with E-state index in [4.69, 9.17) is 0 Å². The summed E-state index contributed by atoms with van der Waals surface area (Å²) in [6.07, 6.45) is 0. The van der Waals surface area contributed by atoms with E-state index in [0.717, 1.165) is 4.55 Å². The molecule has 0 saturated heterocycles. The third kappa shape index (κ3) is 7.16. The van der Waals surface area contributed by atoms with Crippen molar-refractivity contribution in [2.24, 2.45) is 0 Å². The van der Waals surface area contributed by atoms with E-state index in [0.29, 0.717) is 0 Å². The molecule has 0 unspecified atom stereocenters. The average Bonchev–Trinajstić information content (AvgIpc) is 1.61. The van der Waals surface area contributed by atoms with Crippen LogP contribution in [0.25, 0.3) is 0 Å². The molecule has 1 N–H and O–H groups in total. The summed E-state index contributed by atoms with van der Waals surface area (Å²) in [6, 6.07) is 0. The van der Waals surface area contributed by atoms with Crippen molar-refractivity contribution in [1.82, 2.24) is 3.53 Å². The SMILES string of the molecule is C=C(C)[I-]CNI. The molecule has 0 bridgehead atoms. The van der Waals surface area contributed by atoms with Gasteiger partial charge >= 0.3 is 69.2 Å². The van der Waals surface area contributed by atoms with E-state index < -0.39 is 0 Å². The van der Waals surface area contributed by atoms with Gasteiger partial charge in [0.05, 0.1) is 0 Å². The normalized spacial score (nSPS) is 9.43. The van der Waals surface area contributed by atoms with Gasteiger partial charge in [-0.2, -0.15) is 0 Å². The maximum absolute atomic E-state index is 3.80. The Bertz CT molecular complexity index is 62.7. The molecule has 3 heteroatoms. The van der Waals surface area contributed by atoms with Gasteiger partial charge in [0.2, 0.25) is 0 Å². The molecule has 0 aliphatic carbocycles. The van der Waals surface area contributed by atoms with Crippen molar-refractivity contribution in [2.75, 3.05) is 4.55 Å². The molecule has 0 atom stereocenters. The van der Waals surface area contributed by atoms with Gasteiger partial charge in [-0.05, 0) is 0 Å². The maximum atomic E-state index is 3.80. The predicted molar refractivity (Wildman–Crippen MR) is 36.8 cm³/mol. The number of halogens is 2. The molecule has 0 aromatic heterocycles. The van der Waals surface area contributed by atoms with Gasteiger partial charge in [-0.25, -0.2) is 0 Å². The second kappa shape index (κ2) is 5.30. The summed E-state index contributed by atoms with van der Waals surface area (Å²) >= 11 is 2.41. The first-order chi connectivity index (χ1) is 3.27. The predicted octanol–water partition coefficient (Wildman–Crippen LogP) is -1.49. The van der Waals surface area contributed by atoms with Crippen LogP contribution < -0.4 is 24.7 Å². The first kappa shape index (κ1) is 8.16. The number of rotatable bonds is 3. The summed E-state index contributed by atoms with van der Waals surface area (Å²) in [5, 5.41) is 0. The fraction of sp³-hybridized carbons (Fsp3) is 0.500. The molecule has 0 rings (SSSR count). The summed E-state index contributed by atoms with van der Waals surface area (Å²) < 4.78 is 5.55. The van der Waals surface area contributed by atoms with Gasteiger partial charge in [0, 0.05) is 0 Å². The quantitative estimate of drug-likeness (QED) is 0.289. The van der Waals surface area contributed by atoms with Crippen LogP contribution in [0.1, 0.15) is 6.92 Å². The van der Waals surface area contributed by atoms with E-state index in [9.17, 15) is 0 Å². The van der Waals surface area contributed by atoms with Gasteiger partial charge in [-0.3, -0.25) is 0 Å². The van der Waals surface area contributed by atoms with Crippen LogP contribution >= 0.6 is 22.9 Å². The van der Waals surface area contributed by atoms with Gasteiger partial charge < -0.3 is 0 Å². The topological polar surface area (TPSA) is 12.0 Å². The molecule has 44 valence electrons. The van der Waals surface area contributed by atoms with Crippen LogP contribution in [-0.4, -0.2) is 4.55 Å². The van der Waals surface area contributed by atoms with Crippen molar-refractivity contribution >= 4 is 22.9 Å². The molecule has 0 aromatic rings. The molecule has 0 aromatic carbocycles. The molecule has 1 nitrogen and oxygen atoms in total. The van der Waals surface area contributed by atoms with Crippen molar-refractivity contribution in [2.45, 2.75) is 6.92 Å². The van der Waals surface area contributed by atoms with E-state index in [-0.39, 0.29) is 21.2 Å². The number of hydrogen-bond donors (Lipinski definition) is 1. The molecular formula is C4H8I2N-. The van der Waals surface area contributed by atoms with Gasteiger partial charge in [-0.15, -0.1) is 0 Å². The Labute approximate surface area is 68.7 Å². The molecule has 0 fully saturated rings. The van der Waals surface area contributed by atoms with E-state index >= 15 is 0 Å². The van der Waals surface area contributed by atoms with E-state index in [2.05, 4.69) is 39.9 Å². The first-order valence-electron chi connectivity index (χ1n) is 1.85. The van der Waals surface area contributed by atoms with Crippen LogP contribution in [0.2, 0.25) is 0 Å². The molecule has 7 heavy (non-hydrogen) atoms. The summed E-state index contributed by atoms with van der Waals surface area (Å²) in [6.45, 7) is 5.88. The Morgan fingerprint density at radius 1 is 2.00 bits per heavy atom. The van der Waals surface area contributed by atoms with E-state index in [1.807, 2.05) is 0 Å². The zero-order chi connectivity index (χ0) is 5.70.